The Labute approximate surface area is 84.7 Å². The van der Waals surface area contributed by atoms with Crippen molar-refractivity contribution in [3.8, 4) is 11.5 Å². The molecule has 1 rings (SSSR count). The van der Waals surface area contributed by atoms with Gasteiger partial charge in [0.1, 0.15) is 11.5 Å². The number of benzene rings is 1. The van der Waals surface area contributed by atoms with Gasteiger partial charge in [0.05, 0.1) is 7.11 Å². The fraction of sp³-hybridized carbons (Fsp3) is 0.455. The van der Waals surface area contributed by atoms with E-state index in [9.17, 15) is 5.11 Å². The van der Waals surface area contributed by atoms with E-state index in [0.717, 1.165) is 17.7 Å². The number of hydrogen-bond acceptors (Lipinski definition) is 3. The zero-order chi connectivity index (χ0) is 10.6. The number of phenolic OH excluding ortho intramolecular Hbond substituents is 1. The SMILES string of the molecule is CNC(C)Cc1cc(OC)ccc1O. The number of methoxy groups -OCH3 is 1. The van der Waals surface area contributed by atoms with Crippen molar-refractivity contribution in [3.05, 3.63) is 23.8 Å². The van der Waals surface area contributed by atoms with Crippen molar-refractivity contribution in [2.45, 2.75) is 19.4 Å². The van der Waals surface area contributed by atoms with Crippen LogP contribution in [0.15, 0.2) is 18.2 Å². The van der Waals surface area contributed by atoms with Crippen molar-refractivity contribution < 1.29 is 9.84 Å². The molecular weight excluding hydrogens is 178 g/mol. The fourth-order valence-electron chi connectivity index (χ4n) is 1.28. The summed E-state index contributed by atoms with van der Waals surface area (Å²) in [5.41, 5.74) is 0.909. The summed E-state index contributed by atoms with van der Waals surface area (Å²) >= 11 is 0. The van der Waals surface area contributed by atoms with E-state index in [1.165, 1.54) is 0 Å². The molecule has 2 N–H and O–H groups in total. The molecule has 0 aliphatic carbocycles. The van der Waals surface area contributed by atoms with Gasteiger partial charge in [-0.2, -0.15) is 0 Å². The van der Waals surface area contributed by atoms with Crippen LogP contribution in [0.5, 0.6) is 11.5 Å². The zero-order valence-electron chi connectivity index (χ0n) is 8.87. The highest BCUT2D eigenvalue weighted by atomic mass is 16.5. The summed E-state index contributed by atoms with van der Waals surface area (Å²) in [6.07, 6.45) is 0.791. The summed E-state index contributed by atoms with van der Waals surface area (Å²) in [5.74, 6) is 1.11. The molecule has 1 aromatic carbocycles. The molecule has 0 radical (unpaired) electrons. The Morgan fingerprint density at radius 2 is 2.21 bits per heavy atom. The summed E-state index contributed by atoms with van der Waals surface area (Å²) in [5, 5.41) is 12.7. The van der Waals surface area contributed by atoms with Crippen LogP contribution in [0.3, 0.4) is 0 Å². The Morgan fingerprint density at radius 3 is 2.79 bits per heavy atom. The van der Waals surface area contributed by atoms with Gasteiger partial charge in [-0.3, -0.25) is 0 Å². The molecule has 3 nitrogen and oxygen atoms in total. The average molecular weight is 195 g/mol. The number of likely N-dealkylation sites (N-methyl/N-ethyl adjacent to an activating group) is 1. The van der Waals surface area contributed by atoms with Crippen LogP contribution in [0.25, 0.3) is 0 Å². The Balaban J connectivity index is 2.83. The topological polar surface area (TPSA) is 41.5 Å². The second-order valence-corrected chi connectivity index (χ2v) is 3.39. The molecule has 0 saturated heterocycles. The third-order valence-electron chi connectivity index (χ3n) is 2.31. The average Bonchev–Trinajstić information content (AvgIpc) is 2.21. The molecule has 3 heteroatoms. The highest BCUT2D eigenvalue weighted by molar-refractivity contribution is 5.39. The van der Waals surface area contributed by atoms with Crippen molar-refractivity contribution in [2.75, 3.05) is 14.2 Å². The standard InChI is InChI=1S/C11H17NO2/c1-8(12-2)6-9-7-10(14-3)4-5-11(9)13/h4-5,7-8,12-13H,6H2,1-3H3. The molecule has 0 spiro atoms. The van der Waals surface area contributed by atoms with Gasteiger partial charge < -0.3 is 15.2 Å². The molecule has 0 aliphatic rings. The molecule has 1 atom stereocenters. The lowest BCUT2D eigenvalue weighted by molar-refractivity contribution is 0.410. The van der Waals surface area contributed by atoms with Crippen LogP contribution in [0, 0.1) is 0 Å². The molecule has 14 heavy (non-hydrogen) atoms. The Kier molecular flexibility index (Phi) is 3.77. The van der Waals surface area contributed by atoms with Gasteiger partial charge in [-0.15, -0.1) is 0 Å². The van der Waals surface area contributed by atoms with E-state index in [0.29, 0.717) is 11.8 Å². The monoisotopic (exact) mass is 195 g/mol. The largest absolute Gasteiger partial charge is 0.508 e. The number of ether oxygens (including phenoxy) is 1. The molecule has 0 amide bonds. The van der Waals surface area contributed by atoms with Gasteiger partial charge in [-0.25, -0.2) is 0 Å². The lowest BCUT2D eigenvalue weighted by atomic mass is 10.1. The maximum atomic E-state index is 9.59. The van der Waals surface area contributed by atoms with Gasteiger partial charge in [-0.1, -0.05) is 0 Å². The normalized spacial score (nSPS) is 12.5. The highest BCUT2D eigenvalue weighted by Crippen LogP contribution is 2.23. The van der Waals surface area contributed by atoms with Crippen molar-refractivity contribution in [3.63, 3.8) is 0 Å². The second-order valence-electron chi connectivity index (χ2n) is 3.39. The molecule has 1 aromatic rings. The van der Waals surface area contributed by atoms with E-state index < -0.39 is 0 Å². The lowest BCUT2D eigenvalue weighted by Gasteiger charge is -2.12. The van der Waals surface area contributed by atoms with Crippen LogP contribution in [0.2, 0.25) is 0 Å². The van der Waals surface area contributed by atoms with Crippen LogP contribution in [0.1, 0.15) is 12.5 Å². The first kappa shape index (κ1) is 10.9. The van der Waals surface area contributed by atoms with Crippen molar-refractivity contribution in [1.29, 1.82) is 0 Å². The third kappa shape index (κ3) is 2.64. The van der Waals surface area contributed by atoms with Gasteiger partial charge >= 0.3 is 0 Å². The van der Waals surface area contributed by atoms with Crippen LogP contribution in [0.4, 0.5) is 0 Å². The summed E-state index contributed by atoms with van der Waals surface area (Å²) in [6, 6.07) is 5.62. The minimum absolute atomic E-state index is 0.327. The minimum Gasteiger partial charge on any atom is -0.508 e. The van der Waals surface area contributed by atoms with E-state index in [1.54, 1.807) is 19.2 Å². The number of aromatic hydroxyl groups is 1. The summed E-state index contributed by atoms with van der Waals surface area (Å²) in [4.78, 5) is 0. The van der Waals surface area contributed by atoms with Crippen LogP contribution in [-0.4, -0.2) is 25.3 Å². The summed E-state index contributed by atoms with van der Waals surface area (Å²) < 4.78 is 5.09. The Morgan fingerprint density at radius 1 is 1.50 bits per heavy atom. The first-order valence-electron chi connectivity index (χ1n) is 4.70. The molecule has 0 saturated carbocycles. The zero-order valence-corrected chi connectivity index (χ0v) is 8.87. The van der Waals surface area contributed by atoms with Crippen LogP contribution >= 0.6 is 0 Å². The Bertz CT molecular complexity index is 299. The number of hydrogen-bond donors (Lipinski definition) is 2. The number of phenols is 1. The molecule has 78 valence electrons. The second kappa shape index (κ2) is 4.86. The fourth-order valence-corrected chi connectivity index (χ4v) is 1.28. The molecule has 1 unspecified atom stereocenters. The van der Waals surface area contributed by atoms with E-state index in [-0.39, 0.29) is 0 Å². The molecule has 0 aliphatic heterocycles. The summed E-state index contributed by atoms with van der Waals surface area (Å²) in [7, 11) is 3.53. The third-order valence-corrected chi connectivity index (χ3v) is 2.31. The van der Waals surface area contributed by atoms with E-state index in [4.69, 9.17) is 4.74 Å². The molecular formula is C11H17NO2. The quantitative estimate of drug-likeness (QED) is 0.766. The maximum absolute atomic E-state index is 9.59. The smallest absolute Gasteiger partial charge is 0.119 e. The van der Waals surface area contributed by atoms with Crippen molar-refractivity contribution in [2.24, 2.45) is 0 Å². The highest BCUT2D eigenvalue weighted by Gasteiger charge is 2.06. The first-order chi connectivity index (χ1) is 6.67. The number of rotatable bonds is 4. The van der Waals surface area contributed by atoms with Gasteiger partial charge in [0.15, 0.2) is 0 Å². The van der Waals surface area contributed by atoms with Gasteiger partial charge in [0.25, 0.3) is 0 Å². The maximum Gasteiger partial charge on any atom is 0.119 e. The molecule has 0 aromatic heterocycles. The predicted molar refractivity (Wildman–Crippen MR) is 56.9 cm³/mol. The molecule has 0 fully saturated rings. The minimum atomic E-state index is 0.327. The van der Waals surface area contributed by atoms with Gasteiger partial charge in [0, 0.05) is 6.04 Å². The van der Waals surface area contributed by atoms with Crippen LogP contribution < -0.4 is 10.1 Å². The van der Waals surface area contributed by atoms with Gasteiger partial charge in [0.2, 0.25) is 0 Å². The molecule has 0 heterocycles. The Hall–Kier alpha value is -1.22. The molecule has 0 bridgehead atoms. The van der Waals surface area contributed by atoms with E-state index >= 15 is 0 Å². The predicted octanol–water partition coefficient (Wildman–Crippen LogP) is 1.55. The lowest BCUT2D eigenvalue weighted by Crippen LogP contribution is -2.23. The van der Waals surface area contributed by atoms with Crippen LogP contribution in [-0.2, 0) is 6.42 Å². The van der Waals surface area contributed by atoms with Gasteiger partial charge in [-0.05, 0) is 44.2 Å². The summed E-state index contributed by atoms with van der Waals surface area (Å²) in [6.45, 7) is 2.07. The van der Waals surface area contributed by atoms with E-state index in [1.807, 2.05) is 13.1 Å². The van der Waals surface area contributed by atoms with E-state index in [2.05, 4.69) is 12.2 Å². The first-order valence-corrected chi connectivity index (χ1v) is 4.70. The van der Waals surface area contributed by atoms with Crippen molar-refractivity contribution >= 4 is 0 Å². The van der Waals surface area contributed by atoms with Crippen molar-refractivity contribution in [1.82, 2.24) is 5.32 Å². The number of nitrogens with one attached hydrogen (secondary N) is 1.